The van der Waals surface area contributed by atoms with Gasteiger partial charge in [0.1, 0.15) is 5.82 Å². The predicted molar refractivity (Wildman–Crippen MR) is 84.1 cm³/mol. The van der Waals surface area contributed by atoms with Crippen molar-refractivity contribution in [1.29, 1.82) is 0 Å². The van der Waals surface area contributed by atoms with E-state index in [1.165, 1.54) is 16.4 Å². The van der Waals surface area contributed by atoms with E-state index in [0.717, 1.165) is 6.07 Å². The van der Waals surface area contributed by atoms with Gasteiger partial charge in [-0.2, -0.15) is 4.31 Å². The van der Waals surface area contributed by atoms with Crippen molar-refractivity contribution in [3.05, 3.63) is 24.0 Å². The van der Waals surface area contributed by atoms with Crippen LogP contribution < -0.4 is 5.32 Å². The lowest BCUT2D eigenvalue weighted by atomic mass is 10.1. The molecule has 0 aliphatic carbocycles. The van der Waals surface area contributed by atoms with E-state index in [4.69, 9.17) is 4.74 Å². The number of ether oxygens (including phenoxy) is 1. The zero-order valence-corrected chi connectivity index (χ0v) is 14.0. The number of halogens is 1. The maximum atomic E-state index is 13.9. The van der Waals surface area contributed by atoms with Crippen molar-refractivity contribution in [2.45, 2.75) is 25.2 Å². The molecule has 8 heteroatoms. The first kappa shape index (κ1) is 17.8. The topological polar surface area (TPSA) is 75.7 Å². The number of nitrogens with zero attached hydrogens (tertiary/aromatic N) is 1. The molecule has 0 radical (unpaired) electrons. The summed E-state index contributed by atoms with van der Waals surface area (Å²) < 4.78 is 45.4. The molecule has 23 heavy (non-hydrogen) atoms. The molecule has 1 saturated heterocycles. The molecule has 0 aromatic heterocycles. The molecule has 1 heterocycles. The number of amides is 1. The van der Waals surface area contributed by atoms with E-state index in [1.54, 1.807) is 6.92 Å². The zero-order valence-electron chi connectivity index (χ0n) is 13.2. The van der Waals surface area contributed by atoms with Crippen LogP contribution >= 0.6 is 0 Å². The van der Waals surface area contributed by atoms with Gasteiger partial charge in [-0.25, -0.2) is 12.8 Å². The summed E-state index contributed by atoms with van der Waals surface area (Å²) in [5, 5.41) is 2.45. The Hall–Kier alpha value is -1.51. The minimum absolute atomic E-state index is 0.0414. The van der Waals surface area contributed by atoms with E-state index in [2.05, 4.69) is 5.32 Å². The highest BCUT2D eigenvalue weighted by atomic mass is 32.2. The molecule has 1 amide bonds. The van der Waals surface area contributed by atoms with Gasteiger partial charge < -0.3 is 10.1 Å². The monoisotopic (exact) mass is 344 g/mol. The van der Waals surface area contributed by atoms with Gasteiger partial charge in [0.25, 0.3) is 0 Å². The van der Waals surface area contributed by atoms with Gasteiger partial charge in [-0.15, -0.1) is 0 Å². The predicted octanol–water partition coefficient (Wildman–Crippen LogP) is 1.83. The average Bonchev–Trinajstić information content (AvgIpc) is 2.56. The number of carbonyl (C=O) groups excluding carboxylic acids is 1. The molecule has 0 unspecified atom stereocenters. The fourth-order valence-electron chi connectivity index (χ4n) is 2.14. The van der Waals surface area contributed by atoms with Crippen LogP contribution in [0.1, 0.15) is 20.3 Å². The standard InChI is InChI=1S/C15H21FN2O4S/c1-3-11(2)15(19)17-14-10-12(4-5-13(14)16)23(20,21)18-6-8-22-9-7-18/h4-5,10-11H,3,6-9H2,1-2H3,(H,17,19)/t11-/m1/s1. The normalized spacial score (nSPS) is 17.7. The molecule has 0 bridgehead atoms. The minimum atomic E-state index is -3.73. The third kappa shape index (κ3) is 4.07. The maximum absolute atomic E-state index is 13.9. The van der Waals surface area contributed by atoms with Crippen LogP contribution in [0.3, 0.4) is 0 Å². The SMILES string of the molecule is CC[C@@H](C)C(=O)Nc1cc(S(=O)(=O)N2CCOCC2)ccc1F. The Bertz CT molecular complexity index is 672. The van der Waals surface area contributed by atoms with E-state index in [-0.39, 0.29) is 35.5 Å². The largest absolute Gasteiger partial charge is 0.379 e. The Morgan fingerprint density at radius 2 is 2.04 bits per heavy atom. The van der Waals surface area contributed by atoms with Crippen LogP contribution in [0.5, 0.6) is 0 Å². The molecule has 1 atom stereocenters. The fourth-order valence-corrected chi connectivity index (χ4v) is 3.57. The van der Waals surface area contributed by atoms with Crippen LogP contribution in [0.4, 0.5) is 10.1 Å². The number of anilines is 1. The highest BCUT2D eigenvalue weighted by Gasteiger charge is 2.27. The number of rotatable bonds is 5. The summed E-state index contributed by atoms with van der Waals surface area (Å²) in [5.41, 5.74) is -0.121. The lowest BCUT2D eigenvalue weighted by Gasteiger charge is -2.26. The Balaban J connectivity index is 2.27. The van der Waals surface area contributed by atoms with Gasteiger partial charge in [-0.3, -0.25) is 4.79 Å². The van der Waals surface area contributed by atoms with Gasteiger partial charge >= 0.3 is 0 Å². The number of sulfonamides is 1. The molecular formula is C15H21FN2O4S. The molecule has 1 fully saturated rings. The van der Waals surface area contributed by atoms with Crippen LogP contribution in [0.15, 0.2) is 23.1 Å². The Kier molecular flexibility index (Phi) is 5.72. The molecule has 1 aliphatic rings. The van der Waals surface area contributed by atoms with Crippen LogP contribution in [0, 0.1) is 11.7 Å². The van der Waals surface area contributed by atoms with Gasteiger partial charge in [0.15, 0.2) is 0 Å². The number of carbonyl (C=O) groups is 1. The average molecular weight is 344 g/mol. The number of morpholine rings is 1. The second-order valence-corrected chi connectivity index (χ2v) is 7.39. The lowest BCUT2D eigenvalue weighted by molar-refractivity contribution is -0.119. The molecule has 2 rings (SSSR count). The number of hydrogen-bond acceptors (Lipinski definition) is 4. The van der Waals surface area contributed by atoms with Crippen molar-refractivity contribution in [3.63, 3.8) is 0 Å². The lowest BCUT2D eigenvalue weighted by Crippen LogP contribution is -2.40. The van der Waals surface area contributed by atoms with Gasteiger partial charge in [0.05, 0.1) is 23.8 Å². The van der Waals surface area contributed by atoms with E-state index in [9.17, 15) is 17.6 Å². The first-order valence-corrected chi connectivity index (χ1v) is 8.98. The Labute approximate surface area is 135 Å². The molecule has 1 N–H and O–H groups in total. The second kappa shape index (κ2) is 7.37. The third-order valence-electron chi connectivity index (χ3n) is 3.86. The summed E-state index contributed by atoms with van der Waals surface area (Å²) in [4.78, 5) is 11.9. The summed E-state index contributed by atoms with van der Waals surface area (Å²) >= 11 is 0. The third-order valence-corrected chi connectivity index (χ3v) is 5.76. The highest BCUT2D eigenvalue weighted by molar-refractivity contribution is 7.89. The molecule has 0 spiro atoms. The highest BCUT2D eigenvalue weighted by Crippen LogP contribution is 2.23. The smallest absolute Gasteiger partial charge is 0.243 e. The van der Waals surface area contributed by atoms with Crippen LogP contribution in [-0.4, -0.2) is 44.9 Å². The van der Waals surface area contributed by atoms with Crippen molar-refractivity contribution in [3.8, 4) is 0 Å². The van der Waals surface area contributed by atoms with Crippen molar-refractivity contribution < 1.29 is 22.3 Å². The summed E-state index contributed by atoms with van der Waals surface area (Å²) in [5.74, 6) is -1.29. The molecular weight excluding hydrogens is 323 g/mol. The molecule has 0 saturated carbocycles. The van der Waals surface area contributed by atoms with Crippen molar-refractivity contribution in [1.82, 2.24) is 4.31 Å². The Morgan fingerprint density at radius 1 is 1.39 bits per heavy atom. The van der Waals surface area contributed by atoms with E-state index < -0.39 is 15.8 Å². The molecule has 6 nitrogen and oxygen atoms in total. The summed E-state index contributed by atoms with van der Waals surface area (Å²) in [7, 11) is -3.73. The molecule has 1 aliphatic heterocycles. The quantitative estimate of drug-likeness (QED) is 0.884. The van der Waals surface area contributed by atoms with Crippen molar-refractivity contribution in [2.75, 3.05) is 31.6 Å². The van der Waals surface area contributed by atoms with Gasteiger partial charge in [-0.1, -0.05) is 13.8 Å². The Morgan fingerprint density at radius 3 is 2.65 bits per heavy atom. The summed E-state index contributed by atoms with van der Waals surface area (Å²) in [6.07, 6.45) is 0.610. The first-order chi connectivity index (χ1) is 10.9. The zero-order chi connectivity index (χ0) is 17.0. The number of hydrogen-bond donors (Lipinski definition) is 1. The van der Waals surface area contributed by atoms with Crippen LogP contribution in [0.25, 0.3) is 0 Å². The van der Waals surface area contributed by atoms with Gasteiger partial charge in [0, 0.05) is 19.0 Å². The molecule has 1 aromatic rings. The van der Waals surface area contributed by atoms with E-state index in [1.807, 2.05) is 6.92 Å². The van der Waals surface area contributed by atoms with Crippen molar-refractivity contribution in [2.24, 2.45) is 5.92 Å². The fraction of sp³-hybridized carbons (Fsp3) is 0.533. The molecule has 128 valence electrons. The second-order valence-electron chi connectivity index (χ2n) is 5.46. The van der Waals surface area contributed by atoms with Crippen LogP contribution in [-0.2, 0) is 19.6 Å². The minimum Gasteiger partial charge on any atom is -0.379 e. The van der Waals surface area contributed by atoms with Crippen LogP contribution in [0.2, 0.25) is 0 Å². The number of benzene rings is 1. The number of nitrogens with one attached hydrogen (secondary N) is 1. The van der Waals surface area contributed by atoms with E-state index in [0.29, 0.717) is 19.6 Å². The molecule has 1 aromatic carbocycles. The van der Waals surface area contributed by atoms with E-state index >= 15 is 0 Å². The maximum Gasteiger partial charge on any atom is 0.243 e. The van der Waals surface area contributed by atoms with Gasteiger partial charge in [0.2, 0.25) is 15.9 Å². The first-order valence-electron chi connectivity index (χ1n) is 7.54. The van der Waals surface area contributed by atoms with Crippen molar-refractivity contribution >= 4 is 21.6 Å². The summed E-state index contributed by atoms with van der Waals surface area (Å²) in [6, 6.07) is 3.43. The van der Waals surface area contributed by atoms with Gasteiger partial charge in [-0.05, 0) is 24.6 Å². The summed E-state index contributed by atoms with van der Waals surface area (Å²) in [6.45, 7) is 4.75.